The zero-order valence-electron chi connectivity index (χ0n) is 21.9. The SMILES string of the molecule is CC(C)[C@@H]1CN2C(=O)c3sccc3N(C(=O)NCc3cccs3)C2CN(Cc2ccc3ccccc3c2)C1=O. The van der Waals surface area contributed by atoms with E-state index in [-0.39, 0.29) is 42.8 Å². The van der Waals surface area contributed by atoms with Crippen molar-refractivity contribution < 1.29 is 14.4 Å². The predicted octanol–water partition coefficient (Wildman–Crippen LogP) is 5.78. The number of urea groups is 1. The maximum absolute atomic E-state index is 13.9. The second-order valence-corrected chi connectivity index (χ2v) is 12.4. The zero-order chi connectivity index (χ0) is 27.1. The van der Waals surface area contributed by atoms with Gasteiger partial charge < -0.3 is 15.1 Å². The van der Waals surface area contributed by atoms with Crippen molar-refractivity contribution in [3.05, 3.63) is 86.7 Å². The van der Waals surface area contributed by atoms with Gasteiger partial charge >= 0.3 is 6.03 Å². The van der Waals surface area contributed by atoms with Crippen molar-refractivity contribution in [1.82, 2.24) is 15.1 Å². The molecule has 39 heavy (non-hydrogen) atoms. The van der Waals surface area contributed by atoms with Crippen molar-refractivity contribution in [2.45, 2.75) is 33.1 Å². The van der Waals surface area contributed by atoms with Gasteiger partial charge in [0, 0.05) is 18.0 Å². The van der Waals surface area contributed by atoms with Gasteiger partial charge in [0.1, 0.15) is 11.0 Å². The molecular weight excluding hydrogens is 528 g/mol. The predicted molar refractivity (Wildman–Crippen MR) is 156 cm³/mol. The second kappa shape index (κ2) is 10.5. The Morgan fingerprint density at radius 2 is 1.79 bits per heavy atom. The van der Waals surface area contributed by atoms with E-state index in [0.29, 0.717) is 23.7 Å². The van der Waals surface area contributed by atoms with Crippen molar-refractivity contribution in [2.24, 2.45) is 11.8 Å². The summed E-state index contributed by atoms with van der Waals surface area (Å²) in [6.45, 7) is 5.37. The first-order chi connectivity index (χ1) is 18.9. The highest BCUT2D eigenvalue weighted by Crippen LogP contribution is 2.38. The molecule has 4 amide bonds. The molecule has 2 atom stereocenters. The van der Waals surface area contributed by atoms with Crippen molar-refractivity contribution in [1.29, 1.82) is 0 Å². The molecule has 2 aromatic heterocycles. The standard InChI is InChI=1S/C30H30N4O3S2/c1-19(2)24-17-33-26(18-32(28(24)35)16-20-9-10-21-6-3-4-7-22(21)14-20)34(25-11-13-39-27(25)29(33)36)30(37)31-15-23-8-5-12-38-23/h3-14,19,24,26H,15-18H2,1-2H3,(H,31,37)/t24-,26?/m0/s1. The van der Waals surface area contributed by atoms with Crippen LogP contribution in [-0.2, 0) is 17.9 Å². The van der Waals surface area contributed by atoms with Crippen LogP contribution in [0.2, 0.25) is 0 Å². The van der Waals surface area contributed by atoms with Crippen LogP contribution in [0.4, 0.5) is 10.5 Å². The van der Waals surface area contributed by atoms with Gasteiger partial charge in [0.05, 0.1) is 24.7 Å². The average Bonchev–Trinajstić information content (AvgIpc) is 3.61. The van der Waals surface area contributed by atoms with Crippen LogP contribution in [-0.4, -0.2) is 46.9 Å². The summed E-state index contributed by atoms with van der Waals surface area (Å²) in [6, 6.07) is 19.9. The van der Waals surface area contributed by atoms with E-state index in [1.54, 1.807) is 21.1 Å². The second-order valence-electron chi connectivity index (χ2n) is 10.4. The quantitative estimate of drug-likeness (QED) is 0.338. The number of benzene rings is 2. The third-order valence-electron chi connectivity index (χ3n) is 7.63. The van der Waals surface area contributed by atoms with E-state index in [9.17, 15) is 14.4 Å². The van der Waals surface area contributed by atoms with Crippen LogP contribution in [0.3, 0.4) is 0 Å². The number of anilines is 1. The number of hydrogen-bond acceptors (Lipinski definition) is 5. The summed E-state index contributed by atoms with van der Waals surface area (Å²) in [4.78, 5) is 48.2. The molecule has 0 aliphatic carbocycles. The number of nitrogens with one attached hydrogen (secondary N) is 1. The molecule has 1 fully saturated rings. The lowest BCUT2D eigenvalue weighted by Gasteiger charge is -2.43. The number of rotatable bonds is 5. The zero-order valence-corrected chi connectivity index (χ0v) is 23.5. The molecule has 1 unspecified atom stereocenters. The third kappa shape index (κ3) is 4.81. The van der Waals surface area contributed by atoms with Crippen LogP contribution in [0.1, 0.15) is 34.0 Å². The first-order valence-electron chi connectivity index (χ1n) is 13.1. The van der Waals surface area contributed by atoms with E-state index in [4.69, 9.17) is 0 Å². The normalized spacial score (nSPS) is 19.3. The van der Waals surface area contributed by atoms with Crippen LogP contribution in [0.25, 0.3) is 10.8 Å². The molecule has 0 saturated carbocycles. The lowest BCUT2D eigenvalue weighted by Crippen LogP contribution is -2.61. The van der Waals surface area contributed by atoms with Gasteiger partial charge in [-0.3, -0.25) is 14.5 Å². The molecule has 1 saturated heterocycles. The van der Waals surface area contributed by atoms with Crippen molar-refractivity contribution in [3.8, 4) is 0 Å². The highest BCUT2D eigenvalue weighted by atomic mass is 32.1. The molecule has 7 nitrogen and oxygen atoms in total. The Morgan fingerprint density at radius 3 is 2.56 bits per heavy atom. The summed E-state index contributed by atoms with van der Waals surface area (Å²) in [5.74, 6) is -0.424. The fraction of sp³-hybridized carbons (Fsp3) is 0.300. The summed E-state index contributed by atoms with van der Waals surface area (Å²) < 4.78 is 0. The van der Waals surface area contributed by atoms with Crippen molar-refractivity contribution >= 4 is 57.0 Å². The number of hydrogen-bond donors (Lipinski definition) is 1. The molecule has 0 radical (unpaired) electrons. The smallest absolute Gasteiger partial charge is 0.324 e. The monoisotopic (exact) mass is 558 g/mol. The molecule has 4 heterocycles. The number of carbonyl (C=O) groups is 3. The Morgan fingerprint density at radius 1 is 0.974 bits per heavy atom. The molecule has 200 valence electrons. The summed E-state index contributed by atoms with van der Waals surface area (Å²) in [7, 11) is 0. The number of fused-ring (bicyclic) bond motifs is 3. The largest absolute Gasteiger partial charge is 0.334 e. The fourth-order valence-electron chi connectivity index (χ4n) is 5.52. The lowest BCUT2D eigenvalue weighted by atomic mass is 9.93. The summed E-state index contributed by atoms with van der Waals surface area (Å²) >= 11 is 2.92. The lowest BCUT2D eigenvalue weighted by molar-refractivity contribution is -0.136. The van der Waals surface area contributed by atoms with E-state index in [1.807, 2.05) is 59.8 Å². The van der Waals surface area contributed by atoms with E-state index in [0.717, 1.165) is 21.2 Å². The number of amides is 4. The minimum Gasteiger partial charge on any atom is -0.334 e. The highest BCUT2D eigenvalue weighted by molar-refractivity contribution is 7.12. The maximum Gasteiger partial charge on any atom is 0.324 e. The van der Waals surface area contributed by atoms with Crippen molar-refractivity contribution in [2.75, 3.05) is 18.0 Å². The third-order valence-corrected chi connectivity index (χ3v) is 9.40. The molecule has 0 bridgehead atoms. The molecule has 2 aliphatic rings. The van der Waals surface area contributed by atoms with Gasteiger partial charge in [-0.2, -0.15) is 0 Å². The van der Waals surface area contributed by atoms with E-state index < -0.39 is 6.17 Å². The van der Waals surface area contributed by atoms with Gasteiger partial charge in [-0.25, -0.2) is 4.79 Å². The van der Waals surface area contributed by atoms with Gasteiger partial charge in [-0.05, 0) is 51.2 Å². The first-order valence-corrected chi connectivity index (χ1v) is 14.9. The number of carbonyl (C=O) groups excluding carboxylic acids is 3. The number of thiophene rings is 2. The Bertz CT molecular complexity index is 1530. The molecule has 9 heteroatoms. The van der Waals surface area contributed by atoms with E-state index >= 15 is 0 Å². The molecule has 2 aliphatic heterocycles. The number of nitrogens with zero attached hydrogens (tertiary/aromatic N) is 3. The Kier molecular flexibility index (Phi) is 6.86. The van der Waals surface area contributed by atoms with E-state index in [1.165, 1.54) is 11.3 Å². The highest BCUT2D eigenvalue weighted by Gasteiger charge is 2.47. The Labute approximate surface area is 235 Å². The summed E-state index contributed by atoms with van der Waals surface area (Å²) in [5.41, 5.74) is 1.63. The van der Waals surface area contributed by atoms with Gasteiger partial charge in [0.15, 0.2) is 0 Å². The van der Waals surface area contributed by atoms with Crippen molar-refractivity contribution in [3.63, 3.8) is 0 Å². The summed E-state index contributed by atoms with van der Waals surface area (Å²) in [6.07, 6.45) is -0.601. The molecule has 4 aromatic rings. The van der Waals surface area contributed by atoms with Gasteiger partial charge in [-0.15, -0.1) is 22.7 Å². The van der Waals surface area contributed by atoms with Gasteiger partial charge in [0.2, 0.25) is 5.91 Å². The molecule has 6 rings (SSSR count). The van der Waals surface area contributed by atoms with E-state index in [2.05, 4.69) is 35.6 Å². The first kappa shape index (κ1) is 25.6. The summed E-state index contributed by atoms with van der Waals surface area (Å²) in [5, 5.41) is 9.14. The fourth-order valence-corrected chi connectivity index (χ4v) is 7.00. The van der Waals surface area contributed by atoms with Gasteiger partial charge in [0.25, 0.3) is 5.91 Å². The van der Waals surface area contributed by atoms with Crippen LogP contribution < -0.4 is 10.2 Å². The van der Waals surface area contributed by atoms with Crippen LogP contribution in [0.5, 0.6) is 0 Å². The maximum atomic E-state index is 13.9. The topological polar surface area (TPSA) is 73.0 Å². The molecule has 0 spiro atoms. The molecular formula is C30H30N4O3S2. The Balaban J connectivity index is 1.36. The van der Waals surface area contributed by atoms with Gasteiger partial charge in [-0.1, -0.05) is 56.3 Å². The minimum absolute atomic E-state index is 0.0163. The van der Waals surface area contributed by atoms with Crippen LogP contribution >= 0.6 is 22.7 Å². The van der Waals surface area contributed by atoms with Crippen LogP contribution in [0, 0.1) is 11.8 Å². The molecule has 1 N–H and O–H groups in total. The van der Waals surface area contributed by atoms with Crippen LogP contribution in [0.15, 0.2) is 71.4 Å². The molecule has 2 aromatic carbocycles. The Hall–Kier alpha value is -3.69. The minimum atomic E-state index is -0.601. The average molecular weight is 559 g/mol.